The minimum absolute atomic E-state index is 0.0369. The van der Waals surface area contributed by atoms with Crippen LogP contribution in [0.15, 0.2) is 12.1 Å². The van der Waals surface area contributed by atoms with Gasteiger partial charge in [-0.15, -0.1) is 0 Å². The minimum Gasteiger partial charge on any atom is -0.392 e. The molecule has 0 aliphatic rings. The normalized spacial score (nSPS) is 11.7. The predicted octanol–water partition coefficient (Wildman–Crippen LogP) is -0.512. The Morgan fingerprint density at radius 1 is 1.05 bits per heavy atom. The van der Waals surface area contributed by atoms with Crippen LogP contribution in [-0.2, 0) is 29.9 Å². The fourth-order valence-electron chi connectivity index (χ4n) is 1.98. The molecule has 8 heteroatoms. The topological polar surface area (TPSA) is 118 Å². The summed E-state index contributed by atoms with van der Waals surface area (Å²) < 4.78 is 30.2. The Hall–Kier alpha value is -1.19. The van der Waals surface area contributed by atoms with Crippen molar-refractivity contribution in [1.82, 2.24) is 0 Å². The third-order valence-corrected chi connectivity index (χ3v) is 3.78. The molecule has 0 saturated heterocycles. The molecular weight excluding hydrogens is 286 g/mol. The molecule has 0 heterocycles. The number of aliphatic hydroxyl groups is 3. The summed E-state index contributed by atoms with van der Waals surface area (Å²) in [7, 11) is -2.46. The van der Waals surface area contributed by atoms with E-state index in [9.17, 15) is 23.7 Å². The lowest BCUT2D eigenvalue weighted by molar-refractivity contribution is 0.248. The zero-order valence-corrected chi connectivity index (χ0v) is 12.0. The molecule has 1 aromatic carbocycles. The van der Waals surface area contributed by atoms with Gasteiger partial charge in [-0.1, -0.05) is 6.07 Å². The Morgan fingerprint density at radius 3 is 2.10 bits per heavy atom. The summed E-state index contributed by atoms with van der Waals surface area (Å²) in [6.07, 6.45) is 0. The van der Waals surface area contributed by atoms with Gasteiger partial charge in [-0.25, -0.2) is 0 Å². The monoisotopic (exact) mass is 305 g/mol. The minimum atomic E-state index is -4.07. The van der Waals surface area contributed by atoms with E-state index in [0.717, 1.165) is 0 Å². The van der Waals surface area contributed by atoms with Crippen molar-refractivity contribution in [3.8, 4) is 0 Å². The zero-order valence-electron chi connectivity index (χ0n) is 11.2. The summed E-state index contributed by atoms with van der Waals surface area (Å²) >= 11 is 0. The average molecular weight is 305 g/mol. The summed E-state index contributed by atoms with van der Waals surface area (Å²) in [5.41, 5.74) is 1.89. The molecule has 0 saturated carbocycles. The Balaban J connectivity index is 3.11. The molecule has 20 heavy (non-hydrogen) atoms. The van der Waals surface area contributed by atoms with E-state index in [1.165, 1.54) is 0 Å². The molecule has 0 fully saturated rings. The van der Waals surface area contributed by atoms with Crippen LogP contribution in [0.3, 0.4) is 0 Å². The van der Waals surface area contributed by atoms with Crippen LogP contribution in [0.4, 0.5) is 5.69 Å². The van der Waals surface area contributed by atoms with Gasteiger partial charge in [0.05, 0.1) is 25.6 Å². The maximum atomic E-state index is 10.8. The molecule has 0 aliphatic carbocycles. The molecule has 7 nitrogen and oxygen atoms in total. The van der Waals surface area contributed by atoms with Crippen LogP contribution >= 0.6 is 0 Å². The van der Waals surface area contributed by atoms with Crippen molar-refractivity contribution in [3.63, 3.8) is 0 Å². The van der Waals surface area contributed by atoms with E-state index in [2.05, 4.69) is 0 Å². The van der Waals surface area contributed by atoms with Crippen LogP contribution in [0.1, 0.15) is 16.7 Å². The quantitative estimate of drug-likeness (QED) is 0.501. The van der Waals surface area contributed by atoms with Gasteiger partial charge in [0.1, 0.15) is 0 Å². The van der Waals surface area contributed by atoms with Crippen LogP contribution in [0, 0.1) is 0 Å². The number of hydrogen-bond donors (Lipinski definition) is 4. The number of anilines is 1. The number of hydrogen-bond acceptors (Lipinski definition) is 6. The Bertz CT molecular complexity index is 557. The number of benzene rings is 1. The highest BCUT2D eigenvalue weighted by Crippen LogP contribution is 2.26. The Labute approximate surface area is 117 Å². The lowest BCUT2D eigenvalue weighted by Crippen LogP contribution is -2.26. The molecule has 1 aromatic rings. The van der Waals surface area contributed by atoms with E-state index in [1.54, 1.807) is 24.1 Å². The van der Waals surface area contributed by atoms with Gasteiger partial charge in [-0.2, -0.15) is 8.42 Å². The van der Waals surface area contributed by atoms with Crippen molar-refractivity contribution in [3.05, 3.63) is 28.8 Å². The third kappa shape index (κ3) is 4.15. The van der Waals surface area contributed by atoms with Crippen molar-refractivity contribution in [1.29, 1.82) is 0 Å². The van der Waals surface area contributed by atoms with Crippen molar-refractivity contribution in [2.75, 3.05) is 24.2 Å². The highest BCUT2D eigenvalue weighted by Gasteiger charge is 2.16. The Morgan fingerprint density at radius 2 is 1.65 bits per heavy atom. The smallest absolute Gasteiger partial charge is 0.266 e. The average Bonchev–Trinajstić information content (AvgIpc) is 2.41. The molecule has 0 aromatic heterocycles. The first kappa shape index (κ1) is 16.9. The third-order valence-electron chi connectivity index (χ3n) is 3.09. The molecule has 1 rings (SSSR count). The predicted molar refractivity (Wildman–Crippen MR) is 73.9 cm³/mol. The highest BCUT2D eigenvalue weighted by molar-refractivity contribution is 7.85. The van der Waals surface area contributed by atoms with Crippen LogP contribution < -0.4 is 4.90 Å². The van der Waals surface area contributed by atoms with Crippen molar-refractivity contribution >= 4 is 15.8 Å². The fourth-order valence-corrected chi connectivity index (χ4v) is 2.49. The van der Waals surface area contributed by atoms with Gasteiger partial charge in [0.15, 0.2) is 0 Å². The lowest BCUT2D eigenvalue weighted by atomic mass is 9.99. The molecular formula is C12H19NO6S. The van der Waals surface area contributed by atoms with Crippen molar-refractivity contribution in [2.24, 2.45) is 0 Å². The highest BCUT2D eigenvalue weighted by atomic mass is 32.2. The number of aliphatic hydroxyl groups excluding tert-OH is 3. The van der Waals surface area contributed by atoms with Gasteiger partial charge in [0.2, 0.25) is 0 Å². The standard InChI is InChI=1S/C12H19NO6S/c1-13(4-5-20(17,18)19)12-3-2-9(6-14)10(7-15)11(12)8-16/h2-3,14-16H,4-8H2,1H3,(H,17,18,19). The first-order chi connectivity index (χ1) is 9.34. The van der Waals surface area contributed by atoms with E-state index in [1.807, 2.05) is 0 Å². The van der Waals surface area contributed by atoms with Crippen LogP contribution in [0.5, 0.6) is 0 Å². The zero-order chi connectivity index (χ0) is 15.3. The van der Waals surface area contributed by atoms with Gasteiger partial charge in [-0.05, 0) is 17.2 Å². The molecule has 0 atom stereocenters. The summed E-state index contributed by atoms with van der Waals surface area (Å²) in [5.74, 6) is -0.440. The van der Waals surface area contributed by atoms with Crippen molar-refractivity contribution < 1.29 is 28.3 Å². The molecule has 0 radical (unpaired) electrons. The van der Waals surface area contributed by atoms with E-state index < -0.39 is 15.9 Å². The second-order valence-electron chi connectivity index (χ2n) is 4.38. The molecule has 0 amide bonds. The lowest BCUT2D eigenvalue weighted by Gasteiger charge is -2.24. The summed E-state index contributed by atoms with van der Waals surface area (Å²) in [6, 6.07) is 3.23. The van der Waals surface area contributed by atoms with Gasteiger partial charge in [0.25, 0.3) is 10.1 Å². The summed E-state index contributed by atoms with van der Waals surface area (Å²) in [4.78, 5) is 1.56. The molecule has 0 unspecified atom stereocenters. The van der Waals surface area contributed by atoms with E-state index in [4.69, 9.17) is 4.55 Å². The molecule has 4 N–H and O–H groups in total. The van der Waals surface area contributed by atoms with Crippen LogP contribution in [0.25, 0.3) is 0 Å². The van der Waals surface area contributed by atoms with Crippen LogP contribution in [0.2, 0.25) is 0 Å². The number of rotatable bonds is 7. The summed E-state index contributed by atoms with van der Waals surface area (Å²) in [5, 5.41) is 28.0. The van der Waals surface area contributed by atoms with Gasteiger partial charge < -0.3 is 20.2 Å². The van der Waals surface area contributed by atoms with Gasteiger partial charge in [0, 0.05) is 24.8 Å². The first-order valence-corrected chi connectivity index (χ1v) is 7.57. The molecule has 0 bridgehead atoms. The maximum absolute atomic E-state index is 10.8. The second kappa shape index (κ2) is 7.00. The largest absolute Gasteiger partial charge is 0.392 e. The van der Waals surface area contributed by atoms with Crippen molar-refractivity contribution in [2.45, 2.75) is 19.8 Å². The van der Waals surface area contributed by atoms with E-state index in [0.29, 0.717) is 22.4 Å². The fraction of sp³-hybridized carbons (Fsp3) is 0.500. The molecule has 0 spiro atoms. The van der Waals surface area contributed by atoms with Gasteiger partial charge >= 0.3 is 0 Å². The molecule has 114 valence electrons. The van der Waals surface area contributed by atoms with Gasteiger partial charge in [-0.3, -0.25) is 4.55 Å². The first-order valence-electron chi connectivity index (χ1n) is 5.96. The molecule has 0 aliphatic heterocycles. The summed E-state index contributed by atoms with van der Waals surface area (Å²) in [6.45, 7) is -0.922. The van der Waals surface area contributed by atoms with Crippen LogP contribution in [-0.4, -0.2) is 47.6 Å². The Kier molecular flexibility index (Phi) is 5.90. The SMILES string of the molecule is CN(CCS(=O)(=O)O)c1ccc(CO)c(CO)c1CO. The van der Waals surface area contributed by atoms with E-state index >= 15 is 0 Å². The second-order valence-corrected chi connectivity index (χ2v) is 5.95. The number of nitrogens with zero attached hydrogens (tertiary/aromatic N) is 1. The van der Waals surface area contributed by atoms with E-state index in [-0.39, 0.29) is 26.4 Å². The maximum Gasteiger partial charge on any atom is 0.266 e.